The molecule has 1 N–H and O–H groups in total. The minimum absolute atomic E-state index is 0.890. The maximum absolute atomic E-state index is 3.53. The molecule has 0 amide bonds. The number of anilines is 1. The molecule has 1 nitrogen and oxygen atoms in total. The quantitative estimate of drug-likeness (QED) is 0.836. The van der Waals surface area contributed by atoms with Gasteiger partial charge in [0.1, 0.15) is 0 Å². The van der Waals surface area contributed by atoms with Gasteiger partial charge < -0.3 is 5.32 Å². The fraction of sp³-hybridized carbons (Fsp3) is 0.286. The number of halogens is 1. The number of hydrogen-bond donors (Lipinski definition) is 1. The van der Waals surface area contributed by atoms with Crippen molar-refractivity contribution in [1.82, 2.24) is 0 Å². The molecule has 0 saturated heterocycles. The third-order valence-corrected chi connectivity index (χ3v) is 4.44. The van der Waals surface area contributed by atoms with Gasteiger partial charge in [0.15, 0.2) is 0 Å². The second-order valence-corrected chi connectivity index (χ2v) is 6.27. The van der Waals surface area contributed by atoms with E-state index < -0.39 is 0 Å². The lowest BCUT2D eigenvalue weighted by Gasteiger charge is -2.13. The van der Waals surface area contributed by atoms with Gasteiger partial charge in [-0.25, -0.2) is 0 Å². The van der Waals surface area contributed by atoms with E-state index in [9.17, 15) is 0 Å². The zero-order valence-corrected chi connectivity index (χ0v) is 12.7. The summed E-state index contributed by atoms with van der Waals surface area (Å²) in [7, 11) is 0. The molecule has 1 aromatic carbocycles. The van der Waals surface area contributed by atoms with Gasteiger partial charge in [0.2, 0.25) is 0 Å². The highest BCUT2D eigenvalue weighted by Crippen LogP contribution is 2.25. The third-order valence-electron chi connectivity index (χ3n) is 2.74. The van der Waals surface area contributed by atoms with Crippen LogP contribution in [-0.2, 0) is 6.54 Å². The van der Waals surface area contributed by atoms with Crippen molar-refractivity contribution < 1.29 is 0 Å². The van der Waals surface area contributed by atoms with Crippen LogP contribution in [0.5, 0.6) is 0 Å². The molecule has 1 heterocycles. The summed E-state index contributed by atoms with van der Waals surface area (Å²) in [6, 6.07) is 6.61. The summed E-state index contributed by atoms with van der Waals surface area (Å²) < 4.78 is 1.16. The number of rotatable bonds is 3. The van der Waals surface area contributed by atoms with Gasteiger partial charge in [0, 0.05) is 27.0 Å². The lowest BCUT2D eigenvalue weighted by molar-refractivity contribution is 1.16. The molecule has 0 saturated carbocycles. The molecule has 1 aromatic heterocycles. The molecule has 17 heavy (non-hydrogen) atoms. The van der Waals surface area contributed by atoms with Gasteiger partial charge in [-0.15, -0.1) is 11.3 Å². The van der Waals surface area contributed by atoms with Crippen LogP contribution >= 0.6 is 27.3 Å². The number of benzene rings is 1. The molecule has 3 heteroatoms. The first-order chi connectivity index (χ1) is 8.06. The fourth-order valence-electron chi connectivity index (χ4n) is 2.08. The molecular weight excluding hydrogens is 294 g/mol. The van der Waals surface area contributed by atoms with Crippen LogP contribution in [0.25, 0.3) is 0 Å². The number of thiophene rings is 1. The maximum atomic E-state index is 3.53. The lowest BCUT2D eigenvalue weighted by Crippen LogP contribution is -2.02. The monoisotopic (exact) mass is 309 g/mol. The van der Waals surface area contributed by atoms with E-state index >= 15 is 0 Å². The summed E-state index contributed by atoms with van der Waals surface area (Å²) in [6.45, 7) is 7.35. The van der Waals surface area contributed by atoms with Crippen LogP contribution in [0.4, 0.5) is 5.69 Å². The Morgan fingerprint density at radius 2 is 1.76 bits per heavy atom. The number of nitrogens with one attached hydrogen (secondary N) is 1. The Labute approximate surface area is 115 Å². The summed E-state index contributed by atoms with van der Waals surface area (Å²) in [5, 5.41) is 5.64. The van der Waals surface area contributed by atoms with Crippen LogP contribution < -0.4 is 5.32 Å². The summed E-state index contributed by atoms with van der Waals surface area (Å²) in [4.78, 5) is 1.34. The van der Waals surface area contributed by atoms with Gasteiger partial charge in [-0.1, -0.05) is 17.7 Å². The van der Waals surface area contributed by atoms with Gasteiger partial charge in [-0.05, 0) is 53.9 Å². The number of hydrogen-bond acceptors (Lipinski definition) is 2. The van der Waals surface area contributed by atoms with Gasteiger partial charge in [-0.3, -0.25) is 0 Å². The molecule has 0 spiro atoms. The second kappa shape index (κ2) is 5.23. The smallest absolute Gasteiger partial charge is 0.0494 e. The topological polar surface area (TPSA) is 12.0 Å². The third kappa shape index (κ3) is 3.11. The van der Waals surface area contributed by atoms with E-state index in [1.54, 1.807) is 11.3 Å². The SMILES string of the molecule is Cc1cc(C)c(NCc2cc(Br)cs2)c(C)c1. The summed E-state index contributed by atoms with van der Waals surface area (Å²) in [5.74, 6) is 0. The predicted octanol–water partition coefficient (Wildman–Crippen LogP) is 5.05. The van der Waals surface area contributed by atoms with E-state index in [0.29, 0.717) is 0 Å². The van der Waals surface area contributed by atoms with E-state index in [-0.39, 0.29) is 0 Å². The molecule has 0 atom stereocenters. The highest BCUT2D eigenvalue weighted by Gasteiger charge is 2.04. The second-order valence-electron chi connectivity index (χ2n) is 4.36. The fourth-order valence-corrected chi connectivity index (χ4v) is 3.47. The first kappa shape index (κ1) is 12.7. The molecule has 0 radical (unpaired) electrons. The van der Waals surface area contributed by atoms with Gasteiger partial charge >= 0.3 is 0 Å². The first-order valence-electron chi connectivity index (χ1n) is 5.61. The molecule has 2 aromatic rings. The van der Waals surface area contributed by atoms with Crippen molar-refractivity contribution in [2.45, 2.75) is 27.3 Å². The minimum Gasteiger partial charge on any atom is -0.380 e. The summed E-state index contributed by atoms with van der Waals surface area (Å²) in [6.07, 6.45) is 0. The van der Waals surface area contributed by atoms with Crippen molar-refractivity contribution in [2.24, 2.45) is 0 Å². The Hall–Kier alpha value is -0.800. The molecule has 0 fully saturated rings. The standard InChI is InChI=1S/C14H16BrNS/c1-9-4-10(2)14(11(3)5-9)16-7-13-6-12(15)8-17-13/h4-6,8,16H,7H2,1-3H3. The van der Waals surface area contributed by atoms with E-state index in [1.165, 1.54) is 27.3 Å². The van der Waals surface area contributed by atoms with Gasteiger partial charge in [-0.2, -0.15) is 0 Å². The molecule has 0 bridgehead atoms. The van der Waals surface area contributed by atoms with Crippen molar-refractivity contribution in [3.8, 4) is 0 Å². The van der Waals surface area contributed by atoms with E-state index in [2.05, 4.69) is 65.6 Å². The Morgan fingerprint density at radius 3 is 2.29 bits per heavy atom. The van der Waals surface area contributed by atoms with E-state index in [1.807, 2.05) is 0 Å². The molecule has 0 unspecified atom stereocenters. The van der Waals surface area contributed by atoms with Crippen molar-refractivity contribution in [2.75, 3.05) is 5.32 Å². The first-order valence-corrected chi connectivity index (χ1v) is 7.28. The minimum atomic E-state index is 0.890. The Bertz CT molecular complexity index is 508. The van der Waals surface area contributed by atoms with Crippen LogP contribution in [0, 0.1) is 20.8 Å². The van der Waals surface area contributed by atoms with Gasteiger partial charge in [0.25, 0.3) is 0 Å². The lowest BCUT2D eigenvalue weighted by atomic mass is 10.1. The average Bonchev–Trinajstić information content (AvgIpc) is 2.62. The predicted molar refractivity (Wildman–Crippen MR) is 80.0 cm³/mol. The molecule has 0 aliphatic carbocycles. The zero-order chi connectivity index (χ0) is 12.4. The van der Waals surface area contributed by atoms with E-state index in [0.717, 1.165) is 11.0 Å². The van der Waals surface area contributed by atoms with E-state index in [4.69, 9.17) is 0 Å². The summed E-state index contributed by atoms with van der Waals surface area (Å²) >= 11 is 5.25. The highest BCUT2D eigenvalue weighted by atomic mass is 79.9. The molecule has 2 rings (SSSR count). The largest absolute Gasteiger partial charge is 0.380 e. The Balaban J connectivity index is 2.14. The van der Waals surface area contributed by atoms with Crippen LogP contribution in [0.3, 0.4) is 0 Å². The zero-order valence-electron chi connectivity index (χ0n) is 10.3. The average molecular weight is 310 g/mol. The number of aryl methyl sites for hydroxylation is 3. The molecular formula is C14H16BrNS. The molecule has 0 aliphatic rings. The van der Waals surface area contributed by atoms with Crippen molar-refractivity contribution >= 4 is 33.0 Å². The summed E-state index contributed by atoms with van der Waals surface area (Å²) in [5.41, 5.74) is 5.22. The van der Waals surface area contributed by atoms with Crippen LogP contribution in [0.15, 0.2) is 28.1 Å². The van der Waals surface area contributed by atoms with Gasteiger partial charge in [0.05, 0.1) is 0 Å². The molecule has 90 valence electrons. The highest BCUT2D eigenvalue weighted by molar-refractivity contribution is 9.10. The van der Waals surface area contributed by atoms with Crippen LogP contribution in [0.2, 0.25) is 0 Å². The Morgan fingerprint density at radius 1 is 1.12 bits per heavy atom. The van der Waals surface area contributed by atoms with Crippen molar-refractivity contribution in [3.63, 3.8) is 0 Å². The van der Waals surface area contributed by atoms with Crippen molar-refractivity contribution in [1.29, 1.82) is 0 Å². The molecule has 0 aliphatic heterocycles. The normalized spacial score (nSPS) is 10.6. The maximum Gasteiger partial charge on any atom is 0.0494 e. The van der Waals surface area contributed by atoms with Crippen molar-refractivity contribution in [3.05, 3.63) is 49.6 Å². The van der Waals surface area contributed by atoms with Crippen LogP contribution in [0.1, 0.15) is 21.6 Å². The van der Waals surface area contributed by atoms with Crippen LogP contribution in [-0.4, -0.2) is 0 Å². The Kier molecular flexibility index (Phi) is 3.89.